The van der Waals surface area contributed by atoms with E-state index in [1.54, 1.807) is 16.1 Å². The molecule has 65 heavy (non-hydrogen) atoms. The molecule has 3 aromatic heterocycles. The zero-order valence-corrected chi connectivity index (χ0v) is 38.6. The minimum absolute atomic E-state index is 0.166. The molecule has 10 aromatic rings. The number of benzene rings is 7. The third-order valence-corrected chi connectivity index (χ3v) is 14.1. The summed E-state index contributed by atoms with van der Waals surface area (Å²) in [5, 5.41) is 8.20. The number of hydrogen-bond acceptors (Lipinski definition) is 5. The molecule has 7 aromatic carbocycles. The lowest BCUT2D eigenvalue weighted by molar-refractivity contribution is 0.589. The van der Waals surface area contributed by atoms with Crippen molar-refractivity contribution in [3.8, 4) is 28.1 Å². The van der Waals surface area contributed by atoms with Crippen LogP contribution in [0, 0.1) is 6.92 Å². The zero-order chi connectivity index (χ0) is 45.3. The second kappa shape index (κ2) is 15.8. The molecule has 0 spiro atoms. The minimum atomic E-state index is -4.12. The molecule has 0 unspecified atom stereocenters. The molecule has 0 atom stereocenters. The van der Waals surface area contributed by atoms with Crippen LogP contribution < -0.4 is 4.90 Å². The van der Waals surface area contributed by atoms with Gasteiger partial charge in [0.25, 0.3) is 10.0 Å². The van der Waals surface area contributed by atoms with E-state index in [4.69, 9.17) is 10.1 Å². The van der Waals surface area contributed by atoms with E-state index >= 15 is 8.42 Å². The van der Waals surface area contributed by atoms with Crippen LogP contribution in [0.15, 0.2) is 187 Å². The first-order valence-corrected chi connectivity index (χ1v) is 23.5. The van der Waals surface area contributed by atoms with E-state index in [2.05, 4.69) is 156 Å². The van der Waals surface area contributed by atoms with Crippen LogP contribution in [0.5, 0.6) is 0 Å². The lowest BCUT2D eigenvalue weighted by Gasteiger charge is -2.27. The summed E-state index contributed by atoms with van der Waals surface area (Å²) in [7, 11) is -4.12. The molecule has 3 heterocycles. The second-order valence-corrected chi connectivity index (χ2v) is 20.7. The number of para-hydroxylation sites is 2. The average molecular weight is 870 g/mol. The maximum atomic E-state index is 15.2. The maximum Gasteiger partial charge on any atom is 0.268 e. The van der Waals surface area contributed by atoms with Crippen molar-refractivity contribution < 1.29 is 8.42 Å². The molecule has 0 aliphatic carbocycles. The van der Waals surface area contributed by atoms with Crippen LogP contribution in [0.1, 0.15) is 58.2 Å². The molecule has 0 amide bonds. The van der Waals surface area contributed by atoms with Crippen LogP contribution in [0.4, 0.5) is 17.2 Å². The Hall–Kier alpha value is -7.29. The fraction of sp³-hybridized carbons (Fsp3) is 0.158. The molecule has 0 saturated carbocycles. The van der Waals surface area contributed by atoms with Gasteiger partial charge < -0.3 is 0 Å². The number of rotatable bonds is 8. The number of hydrogen-bond donors (Lipinski definition) is 0. The fourth-order valence-electron chi connectivity index (χ4n) is 8.88. The summed E-state index contributed by atoms with van der Waals surface area (Å²) in [6.07, 6.45) is 1.82. The third kappa shape index (κ3) is 7.38. The highest BCUT2D eigenvalue weighted by molar-refractivity contribution is 7.90. The van der Waals surface area contributed by atoms with E-state index in [9.17, 15) is 0 Å². The molecule has 7 nitrogen and oxygen atoms in total. The second-order valence-electron chi connectivity index (χ2n) is 18.9. The van der Waals surface area contributed by atoms with Gasteiger partial charge in [-0.15, -0.1) is 0 Å². The van der Waals surface area contributed by atoms with Gasteiger partial charge in [0.2, 0.25) is 0 Å². The molecule has 10 rings (SSSR count). The predicted octanol–water partition coefficient (Wildman–Crippen LogP) is 14.5. The Labute approximate surface area is 381 Å². The van der Waals surface area contributed by atoms with Crippen molar-refractivity contribution in [2.45, 2.75) is 64.2 Å². The van der Waals surface area contributed by atoms with Crippen molar-refractivity contribution in [1.29, 1.82) is 0 Å². The highest BCUT2D eigenvalue weighted by Crippen LogP contribution is 2.44. The van der Waals surface area contributed by atoms with E-state index in [0.717, 1.165) is 77.9 Å². The van der Waals surface area contributed by atoms with Crippen LogP contribution in [-0.2, 0) is 20.9 Å². The molecule has 0 fully saturated rings. The van der Waals surface area contributed by atoms with E-state index in [-0.39, 0.29) is 15.7 Å². The molecule has 0 bridgehead atoms. The first kappa shape index (κ1) is 41.7. The van der Waals surface area contributed by atoms with Crippen LogP contribution in [-0.4, -0.2) is 27.2 Å². The summed E-state index contributed by atoms with van der Waals surface area (Å²) < 4.78 is 34.0. The predicted molar refractivity (Wildman–Crippen MR) is 269 cm³/mol. The Morgan fingerprint density at radius 3 is 1.97 bits per heavy atom. The molecular formula is C57H51N5O2S. The number of anilines is 3. The molecule has 0 N–H and O–H groups in total. The Kier molecular flexibility index (Phi) is 10.1. The summed E-state index contributed by atoms with van der Waals surface area (Å²) in [5.74, 6) is 0.780. The third-order valence-electron chi connectivity index (χ3n) is 12.4. The van der Waals surface area contributed by atoms with E-state index in [0.29, 0.717) is 16.7 Å². The number of pyridine rings is 1. The highest BCUT2D eigenvalue weighted by Gasteiger charge is 2.30. The Balaban J connectivity index is 1.25. The van der Waals surface area contributed by atoms with Crippen LogP contribution in [0.3, 0.4) is 0 Å². The number of aromatic nitrogens is 4. The number of nitrogens with zero attached hydrogens (tertiary/aromatic N) is 5. The summed E-state index contributed by atoms with van der Waals surface area (Å²) in [6.45, 7) is 15.1. The molecule has 0 aliphatic heterocycles. The van der Waals surface area contributed by atoms with Gasteiger partial charge in [0, 0.05) is 39.2 Å². The Morgan fingerprint density at radius 1 is 0.554 bits per heavy atom. The first-order valence-electron chi connectivity index (χ1n) is 22.1. The summed E-state index contributed by atoms with van der Waals surface area (Å²) in [4.78, 5) is 7.29. The van der Waals surface area contributed by atoms with Gasteiger partial charge in [-0.1, -0.05) is 150 Å². The molecule has 0 aliphatic rings. The maximum absolute atomic E-state index is 15.2. The summed E-state index contributed by atoms with van der Waals surface area (Å²) in [5.41, 5.74) is 11.2. The van der Waals surface area contributed by atoms with Gasteiger partial charge in [-0.05, 0) is 107 Å². The van der Waals surface area contributed by atoms with Gasteiger partial charge in [0.15, 0.2) is 0 Å². The standard InChI is InChI=1S/C57H51N5O2S/c1-38-27-30-44(31-28-38)65(63,64)62-51-32-29-41(56(2,3)4)35-47(51)48-36-42(57(5,6)7)37-52(55(48)62)61-50-25-14-12-23-46(50)54(59-61)40-20-17-21-43(34-40)60(53-26-15-16-33-58-53)49-24-13-11-22-45(49)39-18-9-8-10-19-39/h8-37H,1-7H3. The van der Waals surface area contributed by atoms with E-state index in [1.807, 2.05) is 72.4 Å². The first-order chi connectivity index (χ1) is 31.2. The van der Waals surface area contributed by atoms with E-state index in [1.165, 1.54) is 0 Å². The summed E-state index contributed by atoms with van der Waals surface area (Å²) in [6, 6.07) is 59.1. The van der Waals surface area contributed by atoms with Crippen molar-refractivity contribution in [1.82, 2.24) is 18.7 Å². The van der Waals surface area contributed by atoms with Crippen molar-refractivity contribution in [2.24, 2.45) is 0 Å². The lowest BCUT2D eigenvalue weighted by Crippen LogP contribution is -2.16. The normalized spacial score (nSPS) is 12.4. The number of fused-ring (bicyclic) bond motifs is 4. The quantitative estimate of drug-likeness (QED) is 0.152. The fourth-order valence-corrected chi connectivity index (χ4v) is 10.4. The molecule has 322 valence electrons. The summed E-state index contributed by atoms with van der Waals surface area (Å²) >= 11 is 0. The largest absolute Gasteiger partial charge is 0.294 e. The van der Waals surface area contributed by atoms with Gasteiger partial charge in [-0.2, -0.15) is 5.10 Å². The lowest BCUT2D eigenvalue weighted by atomic mass is 9.84. The topological polar surface area (TPSA) is 73.0 Å². The SMILES string of the molecule is Cc1ccc(S(=O)(=O)n2c3ccc(C(C)(C)C)cc3c3cc(C(C)(C)C)cc(-n4nc(-c5cccc(N(c6ccccn6)c6ccccc6-c6ccccc6)c5)c5ccccc54)c32)cc1. The van der Waals surface area contributed by atoms with Crippen LogP contribution >= 0.6 is 0 Å². The van der Waals surface area contributed by atoms with E-state index < -0.39 is 10.0 Å². The van der Waals surface area contributed by atoms with Crippen molar-refractivity contribution in [3.05, 3.63) is 199 Å². The average Bonchev–Trinajstić information content (AvgIpc) is 3.86. The van der Waals surface area contributed by atoms with Crippen LogP contribution in [0.25, 0.3) is 60.8 Å². The van der Waals surface area contributed by atoms with Crippen molar-refractivity contribution >= 4 is 59.9 Å². The molecule has 0 saturated heterocycles. The highest BCUT2D eigenvalue weighted by atomic mass is 32.2. The Morgan fingerprint density at radius 2 is 1.23 bits per heavy atom. The van der Waals surface area contributed by atoms with Gasteiger partial charge >= 0.3 is 0 Å². The molecular weight excluding hydrogens is 819 g/mol. The van der Waals surface area contributed by atoms with Gasteiger partial charge in [-0.3, -0.25) is 4.90 Å². The van der Waals surface area contributed by atoms with Crippen molar-refractivity contribution in [3.63, 3.8) is 0 Å². The monoisotopic (exact) mass is 869 g/mol. The Bertz CT molecular complexity index is 3520. The van der Waals surface area contributed by atoms with Crippen LogP contribution in [0.2, 0.25) is 0 Å². The molecule has 8 heteroatoms. The van der Waals surface area contributed by atoms with Crippen molar-refractivity contribution in [2.75, 3.05) is 4.90 Å². The van der Waals surface area contributed by atoms with Gasteiger partial charge in [0.05, 0.1) is 32.8 Å². The molecule has 0 radical (unpaired) electrons. The van der Waals surface area contributed by atoms with Gasteiger partial charge in [0.1, 0.15) is 11.5 Å². The minimum Gasteiger partial charge on any atom is -0.294 e. The van der Waals surface area contributed by atoms with Gasteiger partial charge in [-0.25, -0.2) is 22.1 Å². The smallest absolute Gasteiger partial charge is 0.268 e. The zero-order valence-electron chi connectivity index (χ0n) is 37.8. The number of aryl methyl sites for hydroxylation is 1.